The number of carbonyl (C=O) groups is 1. The van der Waals surface area contributed by atoms with Crippen LogP contribution in [0.25, 0.3) is 0 Å². The Balaban J connectivity index is 1.95. The highest BCUT2D eigenvalue weighted by Crippen LogP contribution is 2.19. The molecule has 2 aromatic rings. The Morgan fingerprint density at radius 3 is 2.71 bits per heavy atom. The van der Waals surface area contributed by atoms with Crippen molar-refractivity contribution in [3.8, 4) is 0 Å². The van der Waals surface area contributed by atoms with Gasteiger partial charge in [-0.05, 0) is 25.5 Å². The number of amides is 1. The lowest BCUT2D eigenvalue weighted by molar-refractivity contribution is -0.113. The van der Waals surface area contributed by atoms with E-state index in [0.717, 1.165) is 35.2 Å². The first kappa shape index (κ1) is 15.6. The first-order chi connectivity index (χ1) is 10.2. The molecule has 1 N–H and O–H groups in total. The molecular formula is C15H20N4OS. The highest BCUT2D eigenvalue weighted by Gasteiger charge is 2.12. The SMILES string of the molecule is CCc1nnc(SCC(=O)Nc2ccccc2C)n1CC. The minimum atomic E-state index is -0.0296. The Labute approximate surface area is 129 Å². The van der Waals surface area contributed by atoms with Gasteiger partial charge in [-0.15, -0.1) is 10.2 Å². The maximum absolute atomic E-state index is 12.0. The average Bonchev–Trinajstić information content (AvgIpc) is 2.89. The maximum Gasteiger partial charge on any atom is 0.234 e. The van der Waals surface area contributed by atoms with Gasteiger partial charge >= 0.3 is 0 Å². The quantitative estimate of drug-likeness (QED) is 0.834. The number of hydrogen-bond acceptors (Lipinski definition) is 4. The molecule has 1 aromatic carbocycles. The number of aryl methyl sites for hydroxylation is 2. The number of carbonyl (C=O) groups excluding carboxylic acids is 1. The Bertz CT molecular complexity index is 624. The van der Waals surface area contributed by atoms with Gasteiger partial charge in [-0.3, -0.25) is 4.79 Å². The smallest absolute Gasteiger partial charge is 0.234 e. The van der Waals surface area contributed by atoms with E-state index >= 15 is 0 Å². The van der Waals surface area contributed by atoms with E-state index < -0.39 is 0 Å². The van der Waals surface area contributed by atoms with Crippen LogP contribution in [0.2, 0.25) is 0 Å². The third-order valence-corrected chi connectivity index (χ3v) is 4.14. The van der Waals surface area contributed by atoms with Crippen LogP contribution >= 0.6 is 11.8 Å². The number of para-hydroxylation sites is 1. The van der Waals surface area contributed by atoms with Crippen molar-refractivity contribution in [1.29, 1.82) is 0 Å². The third-order valence-electron chi connectivity index (χ3n) is 3.18. The largest absolute Gasteiger partial charge is 0.325 e. The summed E-state index contributed by atoms with van der Waals surface area (Å²) < 4.78 is 2.05. The molecule has 1 aromatic heterocycles. The van der Waals surface area contributed by atoms with Crippen LogP contribution < -0.4 is 5.32 Å². The monoisotopic (exact) mass is 304 g/mol. The fraction of sp³-hybridized carbons (Fsp3) is 0.400. The second-order valence-electron chi connectivity index (χ2n) is 4.65. The summed E-state index contributed by atoms with van der Waals surface area (Å²) >= 11 is 1.42. The Morgan fingerprint density at radius 1 is 1.29 bits per heavy atom. The fourth-order valence-electron chi connectivity index (χ4n) is 2.03. The van der Waals surface area contributed by atoms with Crippen molar-refractivity contribution in [3.05, 3.63) is 35.7 Å². The van der Waals surface area contributed by atoms with Crippen molar-refractivity contribution in [3.63, 3.8) is 0 Å². The van der Waals surface area contributed by atoms with Crippen LogP contribution in [0.5, 0.6) is 0 Å². The number of anilines is 1. The lowest BCUT2D eigenvalue weighted by atomic mass is 10.2. The molecule has 0 unspecified atom stereocenters. The van der Waals surface area contributed by atoms with Crippen molar-refractivity contribution >= 4 is 23.4 Å². The van der Waals surface area contributed by atoms with Gasteiger partial charge < -0.3 is 9.88 Å². The number of aromatic nitrogens is 3. The van der Waals surface area contributed by atoms with Crippen LogP contribution in [-0.4, -0.2) is 26.4 Å². The predicted molar refractivity (Wildman–Crippen MR) is 85.6 cm³/mol. The molecule has 1 heterocycles. The van der Waals surface area contributed by atoms with Gasteiger partial charge in [0.1, 0.15) is 5.82 Å². The molecule has 0 aliphatic rings. The second-order valence-corrected chi connectivity index (χ2v) is 5.59. The summed E-state index contributed by atoms with van der Waals surface area (Å²) in [6, 6.07) is 7.75. The summed E-state index contributed by atoms with van der Waals surface area (Å²) in [5, 5.41) is 12.0. The van der Waals surface area contributed by atoms with Crippen LogP contribution in [0, 0.1) is 6.92 Å². The van der Waals surface area contributed by atoms with E-state index in [1.54, 1.807) is 0 Å². The van der Waals surface area contributed by atoms with Gasteiger partial charge in [0.05, 0.1) is 5.75 Å². The summed E-state index contributed by atoms with van der Waals surface area (Å²) in [6.07, 6.45) is 0.844. The molecule has 112 valence electrons. The second kappa shape index (κ2) is 7.26. The van der Waals surface area contributed by atoms with Crippen molar-refractivity contribution in [1.82, 2.24) is 14.8 Å². The molecule has 21 heavy (non-hydrogen) atoms. The zero-order valence-electron chi connectivity index (χ0n) is 12.6. The summed E-state index contributed by atoms with van der Waals surface area (Å²) in [4.78, 5) is 12.0. The van der Waals surface area contributed by atoms with Gasteiger partial charge in [0.25, 0.3) is 0 Å². The normalized spacial score (nSPS) is 10.6. The van der Waals surface area contributed by atoms with Crippen molar-refractivity contribution in [2.75, 3.05) is 11.1 Å². The summed E-state index contributed by atoms with van der Waals surface area (Å²) in [5.41, 5.74) is 1.91. The topological polar surface area (TPSA) is 59.8 Å². The van der Waals surface area contributed by atoms with Gasteiger partial charge in [0.15, 0.2) is 5.16 Å². The van der Waals surface area contributed by atoms with Crippen LogP contribution in [0.3, 0.4) is 0 Å². The minimum Gasteiger partial charge on any atom is -0.325 e. The predicted octanol–water partition coefficient (Wildman–Crippen LogP) is 2.90. The highest BCUT2D eigenvalue weighted by atomic mass is 32.2. The van der Waals surface area contributed by atoms with Gasteiger partial charge in [0, 0.05) is 18.7 Å². The zero-order chi connectivity index (χ0) is 15.2. The molecule has 1 amide bonds. The van der Waals surface area contributed by atoms with Crippen molar-refractivity contribution < 1.29 is 4.79 Å². The van der Waals surface area contributed by atoms with Crippen LogP contribution in [0.1, 0.15) is 25.2 Å². The third kappa shape index (κ3) is 3.85. The molecule has 0 atom stereocenters. The molecule has 6 heteroatoms. The molecule has 0 saturated carbocycles. The van der Waals surface area contributed by atoms with E-state index in [0.29, 0.717) is 5.75 Å². The van der Waals surface area contributed by atoms with E-state index in [9.17, 15) is 4.79 Å². The van der Waals surface area contributed by atoms with Crippen LogP contribution in [-0.2, 0) is 17.8 Å². The molecular weight excluding hydrogens is 284 g/mol. The molecule has 5 nitrogen and oxygen atoms in total. The van der Waals surface area contributed by atoms with E-state index in [4.69, 9.17) is 0 Å². The Kier molecular flexibility index (Phi) is 5.38. The maximum atomic E-state index is 12.0. The van der Waals surface area contributed by atoms with E-state index in [-0.39, 0.29) is 5.91 Å². The van der Waals surface area contributed by atoms with Gasteiger partial charge in [0.2, 0.25) is 5.91 Å². The van der Waals surface area contributed by atoms with E-state index in [1.807, 2.05) is 35.8 Å². The Hall–Kier alpha value is -1.82. The number of thioether (sulfide) groups is 1. The molecule has 0 saturated heterocycles. The summed E-state index contributed by atoms with van der Waals surface area (Å²) in [5.74, 6) is 1.26. The molecule has 0 spiro atoms. The lowest BCUT2D eigenvalue weighted by Gasteiger charge is -2.08. The van der Waals surface area contributed by atoms with E-state index in [2.05, 4.69) is 29.4 Å². The van der Waals surface area contributed by atoms with Crippen LogP contribution in [0.15, 0.2) is 29.4 Å². The Morgan fingerprint density at radius 2 is 2.05 bits per heavy atom. The number of nitrogens with one attached hydrogen (secondary N) is 1. The summed E-state index contributed by atoms with van der Waals surface area (Å²) in [7, 11) is 0. The van der Waals surface area contributed by atoms with Gasteiger partial charge in [-0.25, -0.2) is 0 Å². The molecule has 0 bridgehead atoms. The van der Waals surface area contributed by atoms with Crippen molar-refractivity contribution in [2.45, 2.75) is 38.9 Å². The van der Waals surface area contributed by atoms with E-state index in [1.165, 1.54) is 11.8 Å². The minimum absolute atomic E-state index is 0.0296. The molecule has 0 aliphatic heterocycles. The number of rotatable bonds is 6. The molecule has 2 rings (SSSR count). The number of nitrogens with zero attached hydrogens (tertiary/aromatic N) is 3. The first-order valence-corrected chi connectivity index (χ1v) is 8.04. The first-order valence-electron chi connectivity index (χ1n) is 7.06. The zero-order valence-corrected chi connectivity index (χ0v) is 13.4. The molecule has 0 aliphatic carbocycles. The molecule has 0 radical (unpaired) electrons. The number of benzene rings is 1. The van der Waals surface area contributed by atoms with Gasteiger partial charge in [-0.1, -0.05) is 36.9 Å². The fourth-order valence-corrected chi connectivity index (χ4v) is 2.86. The van der Waals surface area contributed by atoms with Gasteiger partial charge in [-0.2, -0.15) is 0 Å². The average molecular weight is 304 g/mol. The lowest BCUT2D eigenvalue weighted by Crippen LogP contribution is -2.15. The van der Waals surface area contributed by atoms with Crippen molar-refractivity contribution in [2.24, 2.45) is 0 Å². The number of hydrogen-bond donors (Lipinski definition) is 1. The standard InChI is InChI=1S/C15H20N4OS/c1-4-13-17-18-15(19(13)5-2)21-10-14(20)16-12-9-7-6-8-11(12)3/h6-9H,4-5,10H2,1-3H3,(H,16,20). The summed E-state index contributed by atoms with van der Waals surface area (Å²) in [6.45, 7) is 6.90. The highest BCUT2D eigenvalue weighted by molar-refractivity contribution is 7.99. The van der Waals surface area contributed by atoms with Crippen LogP contribution in [0.4, 0.5) is 5.69 Å². The molecule has 0 fully saturated rings.